The lowest BCUT2D eigenvalue weighted by atomic mass is 9.94. The van der Waals surface area contributed by atoms with Gasteiger partial charge in [0.05, 0.1) is 17.8 Å². The molecule has 1 atom stereocenters. The van der Waals surface area contributed by atoms with Crippen LogP contribution in [0.1, 0.15) is 67.7 Å². The first kappa shape index (κ1) is 19.4. The Balaban J connectivity index is 4.15. The van der Waals surface area contributed by atoms with Gasteiger partial charge in [0.25, 0.3) is 0 Å². The minimum atomic E-state index is -0.699. The Bertz CT molecular complexity index is 302. The highest BCUT2D eigenvalue weighted by Crippen LogP contribution is 2.21. The number of hydrogen-bond acceptors (Lipinski definition) is 3. The molecule has 4 heteroatoms. The average molecular weight is 287 g/mol. The molecule has 2 N–H and O–H groups in total. The molecule has 0 saturated carbocycles. The van der Waals surface area contributed by atoms with E-state index >= 15 is 0 Å². The molecule has 0 heterocycles. The Kier molecular flexibility index (Phi) is 7.19. The van der Waals surface area contributed by atoms with Gasteiger partial charge in [-0.1, -0.05) is 27.7 Å². The molecule has 0 aliphatic rings. The molecule has 0 aromatic rings. The molecule has 1 unspecified atom stereocenters. The fraction of sp³-hybridized carbons (Fsp3) is 0.938. The standard InChI is InChI=1S/C16H33NO3/c1-8-16(7,20-12-10-15(5,6)19)9-11-17-13(18)14(2,3)4/h19H,8-12H2,1-7H3,(H,17,18). The van der Waals surface area contributed by atoms with Gasteiger partial charge in [0.15, 0.2) is 0 Å². The summed E-state index contributed by atoms with van der Waals surface area (Å²) in [5.41, 5.74) is -1.31. The highest BCUT2D eigenvalue weighted by molar-refractivity contribution is 5.81. The Morgan fingerprint density at radius 1 is 1.10 bits per heavy atom. The molecule has 0 aliphatic heterocycles. The molecular weight excluding hydrogens is 254 g/mol. The van der Waals surface area contributed by atoms with E-state index in [-0.39, 0.29) is 16.9 Å². The predicted molar refractivity (Wildman–Crippen MR) is 82.6 cm³/mol. The molecule has 0 aromatic heterocycles. The minimum absolute atomic E-state index is 0.0624. The summed E-state index contributed by atoms with van der Waals surface area (Å²) in [6.45, 7) is 14.6. The van der Waals surface area contributed by atoms with E-state index in [4.69, 9.17) is 4.74 Å². The largest absolute Gasteiger partial charge is 0.390 e. The van der Waals surface area contributed by atoms with Crippen LogP contribution in [0.3, 0.4) is 0 Å². The van der Waals surface area contributed by atoms with Crippen molar-refractivity contribution < 1.29 is 14.6 Å². The Morgan fingerprint density at radius 2 is 1.65 bits per heavy atom. The molecule has 0 fully saturated rings. The number of rotatable bonds is 8. The Hall–Kier alpha value is -0.610. The van der Waals surface area contributed by atoms with Gasteiger partial charge in [-0.15, -0.1) is 0 Å². The zero-order valence-corrected chi connectivity index (χ0v) is 14.3. The van der Waals surface area contributed by atoms with Gasteiger partial charge >= 0.3 is 0 Å². The SMILES string of the molecule is CCC(C)(CCNC(=O)C(C)(C)C)OCCC(C)(C)O. The van der Waals surface area contributed by atoms with Gasteiger partial charge in [-0.2, -0.15) is 0 Å². The predicted octanol–water partition coefficient (Wildman–Crippen LogP) is 2.89. The second-order valence-corrected chi connectivity index (χ2v) is 7.47. The van der Waals surface area contributed by atoms with Crippen LogP contribution in [0.15, 0.2) is 0 Å². The molecule has 120 valence electrons. The van der Waals surface area contributed by atoms with Crippen molar-refractivity contribution in [3.63, 3.8) is 0 Å². The number of carbonyl (C=O) groups excluding carboxylic acids is 1. The summed E-state index contributed by atoms with van der Waals surface area (Å²) in [6, 6.07) is 0. The zero-order valence-electron chi connectivity index (χ0n) is 14.3. The molecule has 1 amide bonds. The summed E-state index contributed by atoms with van der Waals surface area (Å²) in [4.78, 5) is 11.8. The van der Waals surface area contributed by atoms with Crippen molar-refractivity contribution >= 4 is 5.91 Å². The van der Waals surface area contributed by atoms with Crippen molar-refractivity contribution in [1.29, 1.82) is 0 Å². The third-order valence-electron chi connectivity index (χ3n) is 3.53. The third kappa shape index (κ3) is 8.54. The molecule has 0 saturated heterocycles. The first-order chi connectivity index (χ1) is 8.90. The lowest BCUT2D eigenvalue weighted by molar-refractivity contribution is -0.128. The van der Waals surface area contributed by atoms with E-state index in [0.29, 0.717) is 19.6 Å². The van der Waals surface area contributed by atoms with Crippen LogP contribution in [-0.4, -0.2) is 35.4 Å². The summed E-state index contributed by atoms with van der Waals surface area (Å²) in [6.07, 6.45) is 2.26. The first-order valence-electron chi connectivity index (χ1n) is 7.54. The highest BCUT2D eigenvalue weighted by atomic mass is 16.5. The van der Waals surface area contributed by atoms with Crippen molar-refractivity contribution in [1.82, 2.24) is 5.32 Å². The average Bonchev–Trinajstić information content (AvgIpc) is 2.25. The summed E-state index contributed by atoms with van der Waals surface area (Å²) in [5.74, 6) is 0.0624. The van der Waals surface area contributed by atoms with E-state index < -0.39 is 5.60 Å². The van der Waals surface area contributed by atoms with Crippen LogP contribution in [0.4, 0.5) is 0 Å². The van der Waals surface area contributed by atoms with Crippen molar-refractivity contribution in [3.05, 3.63) is 0 Å². The van der Waals surface area contributed by atoms with Gasteiger partial charge in [-0.3, -0.25) is 4.79 Å². The number of aliphatic hydroxyl groups is 1. The van der Waals surface area contributed by atoms with Crippen molar-refractivity contribution in [2.45, 2.75) is 78.9 Å². The van der Waals surface area contributed by atoms with E-state index in [9.17, 15) is 9.90 Å². The second-order valence-electron chi connectivity index (χ2n) is 7.47. The normalized spacial score (nSPS) is 15.8. The topological polar surface area (TPSA) is 58.6 Å². The van der Waals surface area contributed by atoms with E-state index in [2.05, 4.69) is 19.2 Å². The van der Waals surface area contributed by atoms with Gasteiger partial charge in [-0.05, 0) is 40.0 Å². The maximum Gasteiger partial charge on any atom is 0.225 e. The molecule has 0 radical (unpaired) electrons. The van der Waals surface area contributed by atoms with Gasteiger partial charge in [0.1, 0.15) is 0 Å². The monoisotopic (exact) mass is 287 g/mol. The Labute approximate surface area is 124 Å². The second kappa shape index (κ2) is 7.41. The van der Waals surface area contributed by atoms with E-state index in [0.717, 1.165) is 12.8 Å². The quantitative estimate of drug-likeness (QED) is 0.721. The van der Waals surface area contributed by atoms with Crippen LogP contribution in [0.5, 0.6) is 0 Å². The minimum Gasteiger partial charge on any atom is -0.390 e. The summed E-state index contributed by atoms with van der Waals surface area (Å²) in [5, 5.41) is 12.6. The lowest BCUT2D eigenvalue weighted by Crippen LogP contribution is -2.39. The van der Waals surface area contributed by atoms with Gasteiger partial charge < -0.3 is 15.2 Å². The number of hydrogen-bond donors (Lipinski definition) is 2. The van der Waals surface area contributed by atoms with Crippen LogP contribution >= 0.6 is 0 Å². The van der Waals surface area contributed by atoms with E-state index in [1.54, 1.807) is 13.8 Å². The van der Waals surface area contributed by atoms with Gasteiger partial charge in [0.2, 0.25) is 5.91 Å². The zero-order chi connectivity index (χ0) is 16.0. The molecule has 0 spiro atoms. The molecule has 0 bridgehead atoms. The van der Waals surface area contributed by atoms with Crippen molar-refractivity contribution in [2.24, 2.45) is 5.41 Å². The molecule has 20 heavy (non-hydrogen) atoms. The van der Waals surface area contributed by atoms with Crippen LogP contribution in [0, 0.1) is 5.41 Å². The fourth-order valence-corrected chi connectivity index (χ4v) is 1.60. The van der Waals surface area contributed by atoms with Gasteiger partial charge in [0, 0.05) is 12.0 Å². The van der Waals surface area contributed by atoms with Crippen LogP contribution in [0.25, 0.3) is 0 Å². The van der Waals surface area contributed by atoms with Gasteiger partial charge in [-0.25, -0.2) is 0 Å². The lowest BCUT2D eigenvalue weighted by Gasteiger charge is -2.31. The van der Waals surface area contributed by atoms with Crippen molar-refractivity contribution in [2.75, 3.05) is 13.2 Å². The van der Waals surface area contributed by atoms with E-state index in [1.807, 2.05) is 20.8 Å². The number of ether oxygens (including phenoxy) is 1. The first-order valence-corrected chi connectivity index (χ1v) is 7.54. The van der Waals surface area contributed by atoms with Crippen LogP contribution in [-0.2, 0) is 9.53 Å². The van der Waals surface area contributed by atoms with Crippen LogP contribution < -0.4 is 5.32 Å². The Morgan fingerprint density at radius 3 is 2.05 bits per heavy atom. The summed E-state index contributed by atoms with van der Waals surface area (Å²) < 4.78 is 5.91. The third-order valence-corrected chi connectivity index (χ3v) is 3.53. The van der Waals surface area contributed by atoms with Crippen LogP contribution in [0.2, 0.25) is 0 Å². The molecule has 0 aliphatic carbocycles. The van der Waals surface area contributed by atoms with Crippen molar-refractivity contribution in [3.8, 4) is 0 Å². The molecule has 0 aromatic carbocycles. The molecule has 4 nitrogen and oxygen atoms in total. The maximum atomic E-state index is 11.8. The number of amides is 1. The fourth-order valence-electron chi connectivity index (χ4n) is 1.60. The van der Waals surface area contributed by atoms with E-state index in [1.165, 1.54) is 0 Å². The molecular formula is C16H33NO3. The maximum absolute atomic E-state index is 11.8. The summed E-state index contributed by atoms with van der Waals surface area (Å²) >= 11 is 0. The summed E-state index contributed by atoms with van der Waals surface area (Å²) in [7, 11) is 0. The number of carbonyl (C=O) groups is 1. The smallest absolute Gasteiger partial charge is 0.225 e. The molecule has 0 rings (SSSR count). The highest BCUT2D eigenvalue weighted by Gasteiger charge is 2.26. The number of nitrogens with one attached hydrogen (secondary N) is 1.